The van der Waals surface area contributed by atoms with E-state index in [1.165, 1.54) is 0 Å². The Morgan fingerprint density at radius 1 is 0.786 bits per heavy atom. The van der Waals surface area contributed by atoms with Gasteiger partial charge in [0.1, 0.15) is 12.6 Å². The van der Waals surface area contributed by atoms with Crippen LogP contribution in [-0.2, 0) is 22.6 Å². The van der Waals surface area contributed by atoms with Crippen LogP contribution < -0.4 is 5.32 Å². The molecular formula is C23H21NO3S. The minimum atomic E-state index is -0.684. The number of alkyl carbamates (subject to hydrolysis) is 1. The van der Waals surface area contributed by atoms with Crippen LogP contribution in [0.4, 0.5) is 4.79 Å². The smallest absolute Gasteiger partial charge is 0.408 e. The van der Waals surface area contributed by atoms with Gasteiger partial charge in [0, 0.05) is 11.3 Å². The van der Waals surface area contributed by atoms with Gasteiger partial charge in [0.15, 0.2) is 0 Å². The topological polar surface area (TPSA) is 55.4 Å². The van der Waals surface area contributed by atoms with E-state index in [4.69, 9.17) is 4.74 Å². The zero-order valence-electron chi connectivity index (χ0n) is 15.3. The molecule has 0 heterocycles. The van der Waals surface area contributed by atoms with Gasteiger partial charge in [-0.25, -0.2) is 4.79 Å². The first-order chi connectivity index (χ1) is 13.7. The molecule has 0 aliphatic heterocycles. The third-order valence-corrected chi connectivity index (χ3v) is 5.03. The molecular weight excluding hydrogens is 370 g/mol. The normalized spacial score (nSPS) is 11.4. The number of carbonyl (C=O) groups excluding carboxylic acids is 2. The molecule has 142 valence electrons. The highest BCUT2D eigenvalue weighted by Gasteiger charge is 2.23. The molecule has 0 aromatic heterocycles. The van der Waals surface area contributed by atoms with Crippen LogP contribution in [0, 0.1) is 0 Å². The Morgan fingerprint density at radius 3 is 1.93 bits per heavy atom. The predicted octanol–water partition coefficient (Wildman–Crippen LogP) is 4.84. The summed E-state index contributed by atoms with van der Waals surface area (Å²) < 4.78 is 5.29. The van der Waals surface area contributed by atoms with Crippen LogP contribution >= 0.6 is 11.8 Å². The monoisotopic (exact) mass is 391 g/mol. The number of hydrogen-bond donors (Lipinski definition) is 1. The van der Waals surface area contributed by atoms with Gasteiger partial charge in [0.25, 0.3) is 0 Å². The van der Waals surface area contributed by atoms with Gasteiger partial charge in [0.2, 0.25) is 5.12 Å². The molecule has 0 saturated heterocycles. The molecule has 0 saturated carbocycles. The largest absolute Gasteiger partial charge is 0.445 e. The standard InChI is InChI=1S/C23H21NO3S/c25-22(28-20-14-8-3-9-15-20)21(16-18-10-4-1-5-11-18)24-23(26)27-17-19-12-6-2-7-13-19/h1-15,21H,16-17H2,(H,24,26). The average molecular weight is 391 g/mol. The zero-order valence-corrected chi connectivity index (χ0v) is 16.1. The Hall–Kier alpha value is -3.05. The van der Waals surface area contributed by atoms with Crippen LogP contribution in [0.3, 0.4) is 0 Å². The summed E-state index contributed by atoms with van der Waals surface area (Å²) in [6, 6.07) is 27.8. The maximum atomic E-state index is 12.8. The number of amides is 1. The summed E-state index contributed by atoms with van der Waals surface area (Å²) in [6.45, 7) is 0.157. The quantitative estimate of drug-likeness (QED) is 0.586. The van der Waals surface area contributed by atoms with Gasteiger partial charge in [-0.1, -0.05) is 78.9 Å². The molecule has 0 radical (unpaired) electrons. The van der Waals surface area contributed by atoms with E-state index in [2.05, 4.69) is 5.32 Å². The number of rotatable bonds is 7. The zero-order chi connectivity index (χ0) is 19.6. The minimum absolute atomic E-state index is 0.133. The van der Waals surface area contributed by atoms with Crippen molar-refractivity contribution < 1.29 is 14.3 Å². The summed E-state index contributed by atoms with van der Waals surface area (Å²) in [6.07, 6.45) is -0.202. The van der Waals surface area contributed by atoms with Crippen molar-refractivity contribution in [3.05, 3.63) is 102 Å². The summed E-state index contributed by atoms with van der Waals surface area (Å²) in [5.41, 5.74) is 1.86. The molecule has 5 heteroatoms. The average Bonchev–Trinajstić information content (AvgIpc) is 2.74. The van der Waals surface area contributed by atoms with E-state index >= 15 is 0 Å². The SMILES string of the molecule is O=C(NC(Cc1ccccc1)C(=O)Sc1ccccc1)OCc1ccccc1. The van der Waals surface area contributed by atoms with E-state index in [1.807, 2.05) is 91.0 Å². The lowest BCUT2D eigenvalue weighted by Gasteiger charge is -2.17. The summed E-state index contributed by atoms with van der Waals surface area (Å²) in [4.78, 5) is 25.9. The van der Waals surface area contributed by atoms with E-state index in [0.717, 1.165) is 27.8 Å². The minimum Gasteiger partial charge on any atom is -0.445 e. The summed E-state index contributed by atoms with van der Waals surface area (Å²) in [7, 11) is 0. The van der Waals surface area contributed by atoms with E-state index in [9.17, 15) is 9.59 Å². The number of nitrogens with one attached hydrogen (secondary N) is 1. The van der Waals surface area contributed by atoms with Gasteiger partial charge in [0.05, 0.1) is 0 Å². The Balaban J connectivity index is 1.64. The van der Waals surface area contributed by atoms with E-state index in [1.54, 1.807) is 0 Å². The van der Waals surface area contributed by atoms with E-state index < -0.39 is 12.1 Å². The highest BCUT2D eigenvalue weighted by Crippen LogP contribution is 2.21. The maximum absolute atomic E-state index is 12.8. The van der Waals surface area contributed by atoms with Crippen LogP contribution in [0.2, 0.25) is 0 Å². The molecule has 4 nitrogen and oxygen atoms in total. The van der Waals surface area contributed by atoms with Gasteiger partial charge in [-0.05, 0) is 35.0 Å². The van der Waals surface area contributed by atoms with Gasteiger partial charge in [-0.15, -0.1) is 0 Å². The van der Waals surface area contributed by atoms with E-state index in [0.29, 0.717) is 6.42 Å². The highest BCUT2D eigenvalue weighted by molar-refractivity contribution is 8.13. The third kappa shape index (κ3) is 6.28. The second-order valence-electron chi connectivity index (χ2n) is 6.18. The lowest BCUT2D eigenvalue weighted by Crippen LogP contribution is -2.41. The fraction of sp³-hybridized carbons (Fsp3) is 0.130. The van der Waals surface area contributed by atoms with Crippen LogP contribution in [-0.4, -0.2) is 17.3 Å². The number of carbonyl (C=O) groups is 2. The van der Waals surface area contributed by atoms with Crippen LogP contribution in [0.5, 0.6) is 0 Å². The molecule has 28 heavy (non-hydrogen) atoms. The number of thioether (sulfide) groups is 1. The number of benzene rings is 3. The first-order valence-corrected chi connectivity index (χ1v) is 9.80. The molecule has 0 bridgehead atoms. The van der Waals surface area contributed by atoms with E-state index in [-0.39, 0.29) is 11.7 Å². The second-order valence-corrected chi connectivity index (χ2v) is 7.26. The van der Waals surface area contributed by atoms with Crippen molar-refractivity contribution in [3.8, 4) is 0 Å². The van der Waals surface area contributed by atoms with Crippen molar-refractivity contribution in [1.29, 1.82) is 0 Å². The van der Waals surface area contributed by atoms with Gasteiger partial charge in [-0.2, -0.15) is 0 Å². The van der Waals surface area contributed by atoms with Crippen molar-refractivity contribution >= 4 is 23.0 Å². The van der Waals surface area contributed by atoms with Crippen molar-refractivity contribution in [2.75, 3.05) is 0 Å². The van der Waals surface area contributed by atoms with Gasteiger partial charge < -0.3 is 10.1 Å². The Bertz CT molecular complexity index is 885. The Labute approximate surface area is 168 Å². The lowest BCUT2D eigenvalue weighted by molar-refractivity contribution is -0.112. The highest BCUT2D eigenvalue weighted by atomic mass is 32.2. The molecule has 3 aromatic carbocycles. The summed E-state index contributed by atoms with van der Waals surface area (Å²) in [5, 5.41) is 2.59. The predicted molar refractivity (Wildman–Crippen MR) is 111 cm³/mol. The Kier molecular flexibility index (Phi) is 7.27. The molecule has 0 aliphatic rings. The van der Waals surface area contributed by atoms with Crippen molar-refractivity contribution in [2.45, 2.75) is 24.0 Å². The Morgan fingerprint density at radius 2 is 1.32 bits per heavy atom. The third-order valence-electron chi connectivity index (χ3n) is 4.03. The molecule has 0 fully saturated rings. The van der Waals surface area contributed by atoms with Crippen molar-refractivity contribution in [2.24, 2.45) is 0 Å². The molecule has 3 rings (SSSR count). The van der Waals surface area contributed by atoms with Crippen molar-refractivity contribution in [3.63, 3.8) is 0 Å². The molecule has 1 N–H and O–H groups in total. The molecule has 1 atom stereocenters. The molecule has 1 unspecified atom stereocenters. The first-order valence-electron chi connectivity index (χ1n) is 8.98. The van der Waals surface area contributed by atoms with Crippen LogP contribution in [0.15, 0.2) is 95.9 Å². The molecule has 1 amide bonds. The lowest BCUT2D eigenvalue weighted by atomic mass is 10.1. The summed E-state index contributed by atoms with van der Waals surface area (Å²) >= 11 is 1.12. The van der Waals surface area contributed by atoms with Gasteiger partial charge in [-0.3, -0.25) is 4.79 Å². The maximum Gasteiger partial charge on any atom is 0.408 e. The van der Waals surface area contributed by atoms with Crippen LogP contribution in [0.1, 0.15) is 11.1 Å². The van der Waals surface area contributed by atoms with Gasteiger partial charge >= 0.3 is 6.09 Å². The number of hydrogen-bond acceptors (Lipinski definition) is 4. The first kappa shape index (κ1) is 19.7. The summed E-state index contributed by atoms with van der Waals surface area (Å²) in [5.74, 6) is 0. The molecule has 0 aliphatic carbocycles. The molecule has 3 aromatic rings. The number of ether oxygens (including phenoxy) is 1. The fourth-order valence-electron chi connectivity index (χ4n) is 2.63. The van der Waals surface area contributed by atoms with Crippen LogP contribution in [0.25, 0.3) is 0 Å². The van der Waals surface area contributed by atoms with Crippen molar-refractivity contribution in [1.82, 2.24) is 5.32 Å². The second kappa shape index (κ2) is 10.3. The molecule has 0 spiro atoms. The fourth-order valence-corrected chi connectivity index (χ4v) is 3.44.